The maximum atomic E-state index is 12.3. The number of carbonyl (C=O) groups excluding carboxylic acids is 1. The van der Waals surface area contributed by atoms with Crippen LogP contribution in [0.1, 0.15) is 239 Å². The minimum atomic E-state index is -0.873. The minimum absolute atomic E-state index is 0.0897. The normalized spacial score (nSPS) is 13.4. The lowest BCUT2D eigenvalue weighted by Gasteiger charge is -2.19. The lowest BCUT2D eigenvalue weighted by Crippen LogP contribution is -2.45. The van der Waals surface area contributed by atoms with Crippen LogP contribution in [0.3, 0.4) is 0 Å². The van der Waals surface area contributed by atoms with Crippen molar-refractivity contribution in [3.63, 3.8) is 0 Å². The van der Waals surface area contributed by atoms with E-state index in [4.69, 9.17) is 0 Å². The quantitative estimate of drug-likeness (QED) is 0.0431. The van der Waals surface area contributed by atoms with Crippen molar-refractivity contribution in [1.82, 2.24) is 5.32 Å². The van der Waals surface area contributed by atoms with Crippen LogP contribution in [0.5, 0.6) is 0 Å². The van der Waals surface area contributed by atoms with Crippen molar-refractivity contribution in [2.24, 2.45) is 0 Å². The van der Waals surface area contributed by atoms with E-state index >= 15 is 0 Å². The van der Waals surface area contributed by atoms with E-state index in [1.165, 1.54) is 167 Å². The molecule has 0 fully saturated rings. The highest BCUT2D eigenvalue weighted by Crippen LogP contribution is 2.15. The highest BCUT2D eigenvalue weighted by atomic mass is 16.3. The van der Waals surface area contributed by atoms with Gasteiger partial charge < -0.3 is 15.5 Å². The molecule has 0 heterocycles. The van der Waals surface area contributed by atoms with Crippen LogP contribution in [0.15, 0.2) is 48.6 Å². The van der Waals surface area contributed by atoms with Crippen molar-refractivity contribution in [3.8, 4) is 0 Å². The summed E-state index contributed by atoms with van der Waals surface area (Å²) < 4.78 is 0. The maximum Gasteiger partial charge on any atom is 0.220 e. The fourth-order valence-corrected chi connectivity index (χ4v) is 6.90. The third kappa shape index (κ3) is 41.4. The Morgan fingerprint density at radius 1 is 0.434 bits per heavy atom. The molecule has 0 rings (SSSR count). The Bertz CT molecular complexity index is 847. The average Bonchev–Trinajstić information content (AvgIpc) is 3.16. The first kappa shape index (κ1) is 51.4. The Morgan fingerprint density at radius 2 is 0.755 bits per heavy atom. The van der Waals surface area contributed by atoms with Crippen molar-refractivity contribution < 1.29 is 15.0 Å². The van der Waals surface area contributed by atoms with Gasteiger partial charge in [0.1, 0.15) is 0 Å². The molecule has 1 amide bonds. The molecule has 0 aromatic rings. The fourth-order valence-electron chi connectivity index (χ4n) is 6.90. The van der Waals surface area contributed by atoms with Gasteiger partial charge in [0.15, 0.2) is 0 Å². The van der Waals surface area contributed by atoms with Gasteiger partial charge in [-0.2, -0.15) is 0 Å². The predicted molar refractivity (Wildman–Crippen MR) is 235 cm³/mol. The Balaban J connectivity index is 3.55. The number of amides is 1. The van der Waals surface area contributed by atoms with E-state index < -0.39 is 12.1 Å². The Labute approximate surface area is 331 Å². The van der Waals surface area contributed by atoms with Crippen molar-refractivity contribution in [2.75, 3.05) is 6.61 Å². The number of unbranched alkanes of at least 4 members (excludes halogenated alkanes) is 29. The molecule has 0 aliphatic heterocycles. The average molecular weight is 742 g/mol. The first-order valence-electron chi connectivity index (χ1n) is 23.4. The summed E-state index contributed by atoms with van der Waals surface area (Å²) in [5.41, 5.74) is 0. The maximum absolute atomic E-state index is 12.3. The summed E-state index contributed by atoms with van der Waals surface area (Å²) in [6.07, 6.45) is 61.1. The highest BCUT2D eigenvalue weighted by molar-refractivity contribution is 5.76. The van der Waals surface area contributed by atoms with Crippen LogP contribution >= 0.6 is 0 Å². The summed E-state index contributed by atoms with van der Waals surface area (Å²) in [5.74, 6) is -0.0897. The van der Waals surface area contributed by atoms with Crippen LogP contribution in [0.25, 0.3) is 0 Å². The lowest BCUT2D eigenvalue weighted by molar-refractivity contribution is -0.123. The van der Waals surface area contributed by atoms with Crippen LogP contribution < -0.4 is 5.32 Å². The molecule has 0 aromatic carbocycles. The van der Waals surface area contributed by atoms with Gasteiger partial charge in [-0.25, -0.2) is 0 Å². The molecule has 4 nitrogen and oxygen atoms in total. The number of hydrogen-bond donors (Lipinski definition) is 3. The molecular formula is C49H91NO3. The summed E-state index contributed by atoms with van der Waals surface area (Å²) in [7, 11) is 0. The van der Waals surface area contributed by atoms with Crippen LogP contribution in [-0.4, -0.2) is 34.9 Å². The Morgan fingerprint density at radius 3 is 1.15 bits per heavy atom. The van der Waals surface area contributed by atoms with E-state index in [0.717, 1.165) is 51.4 Å². The summed E-state index contributed by atoms with van der Waals surface area (Å²) in [4.78, 5) is 12.3. The highest BCUT2D eigenvalue weighted by Gasteiger charge is 2.17. The largest absolute Gasteiger partial charge is 0.394 e. The predicted octanol–water partition coefficient (Wildman–Crippen LogP) is 14.7. The molecule has 0 saturated carbocycles. The molecule has 0 aliphatic carbocycles. The Kier molecular flexibility index (Phi) is 43.4. The number of nitrogens with one attached hydrogen (secondary N) is 1. The van der Waals surface area contributed by atoms with Crippen molar-refractivity contribution in [1.29, 1.82) is 0 Å². The van der Waals surface area contributed by atoms with E-state index in [1.54, 1.807) is 6.08 Å². The van der Waals surface area contributed by atoms with E-state index in [-0.39, 0.29) is 12.5 Å². The molecule has 0 radical (unpaired) electrons. The standard InChI is InChI=1S/C49H91NO3/c1-3-5-7-9-11-13-15-16-17-18-19-20-21-22-23-24-25-26-27-28-29-30-31-32-33-35-36-38-40-42-44-48(52)47(46-51)50-49(53)45-43-41-39-37-34-14-12-10-8-6-4-2/h10,12,30-31,35-36,42,44,47-48,51-52H,3-9,11,13-29,32-34,37-41,43,45-46H2,1-2H3,(H,50,53)/b12-10-,31-30+,36-35+,44-42+. The Hall–Kier alpha value is -1.65. The molecule has 3 N–H and O–H groups in total. The molecule has 0 bridgehead atoms. The second-order valence-electron chi connectivity index (χ2n) is 15.8. The zero-order chi connectivity index (χ0) is 38.6. The topological polar surface area (TPSA) is 69.6 Å². The van der Waals surface area contributed by atoms with Crippen molar-refractivity contribution in [2.45, 2.75) is 251 Å². The third-order valence-corrected chi connectivity index (χ3v) is 10.5. The number of aliphatic hydroxyl groups excluding tert-OH is 2. The molecular weight excluding hydrogens is 651 g/mol. The summed E-state index contributed by atoms with van der Waals surface area (Å²) in [6.45, 7) is 4.25. The molecule has 53 heavy (non-hydrogen) atoms. The molecule has 0 aliphatic rings. The number of allylic oxidation sites excluding steroid dienone is 7. The first-order valence-corrected chi connectivity index (χ1v) is 23.4. The monoisotopic (exact) mass is 742 g/mol. The van der Waals surface area contributed by atoms with Gasteiger partial charge in [0.05, 0.1) is 18.8 Å². The van der Waals surface area contributed by atoms with Gasteiger partial charge in [-0.1, -0.05) is 217 Å². The molecule has 0 saturated heterocycles. The zero-order valence-electron chi connectivity index (χ0n) is 35.5. The number of rotatable bonds is 42. The van der Waals surface area contributed by atoms with Crippen LogP contribution in [0.4, 0.5) is 0 Å². The molecule has 0 aromatic heterocycles. The van der Waals surface area contributed by atoms with Gasteiger partial charge in [0, 0.05) is 6.42 Å². The lowest BCUT2D eigenvalue weighted by atomic mass is 10.0. The SMILES string of the molecule is CCCC/C=C\CCCCCCCC(=O)NC(CO)C(O)/C=C/CC/C=C/CC/C=C/CCCCCCCCCCCCCCCCCCCCCC. The van der Waals surface area contributed by atoms with E-state index in [1.807, 2.05) is 6.08 Å². The second-order valence-corrected chi connectivity index (χ2v) is 15.8. The number of hydrogen-bond acceptors (Lipinski definition) is 3. The smallest absolute Gasteiger partial charge is 0.220 e. The van der Waals surface area contributed by atoms with Crippen molar-refractivity contribution in [3.05, 3.63) is 48.6 Å². The van der Waals surface area contributed by atoms with E-state index in [9.17, 15) is 15.0 Å². The third-order valence-electron chi connectivity index (χ3n) is 10.5. The van der Waals surface area contributed by atoms with Gasteiger partial charge in [0.2, 0.25) is 5.91 Å². The van der Waals surface area contributed by atoms with E-state index in [0.29, 0.717) is 6.42 Å². The zero-order valence-corrected chi connectivity index (χ0v) is 35.5. The molecule has 310 valence electrons. The number of carbonyl (C=O) groups is 1. The molecule has 0 spiro atoms. The van der Waals surface area contributed by atoms with Gasteiger partial charge in [0.25, 0.3) is 0 Å². The number of aliphatic hydroxyl groups is 2. The minimum Gasteiger partial charge on any atom is -0.394 e. The second kappa shape index (κ2) is 44.7. The van der Waals surface area contributed by atoms with Crippen LogP contribution in [0, 0.1) is 0 Å². The fraction of sp³-hybridized carbons (Fsp3) is 0.816. The van der Waals surface area contributed by atoms with Gasteiger partial charge in [-0.05, 0) is 64.2 Å². The first-order chi connectivity index (χ1) is 26.2. The van der Waals surface area contributed by atoms with Crippen LogP contribution in [-0.2, 0) is 4.79 Å². The molecule has 2 atom stereocenters. The molecule has 2 unspecified atom stereocenters. The van der Waals surface area contributed by atoms with Crippen LogP contribution in [0.2, 0.25) is 0 Å². The van der Waals surface area contributed by atoms with Gasteiger partial charge in [-0.15, -0.1) is 0 Å². The summed E-state index contributed by atoms with van der Waals surface area (Å²) in [6, 6.07) is -0.649. The van der Waals surface area contributed by atoms with Gasteiger partial charge >= 0.3 is 0 Å². The van der Waals surface area contributed by atoms with Crippen molar-refractivity contribution >= 4 is 5.91 Å². The molecule has 4 heteroatoms. The summed E-state index contributed by atoms with van der Waals surface area (Å²) in [5, 5.41) is 22.9. The van der Waals surface area contributed by atoms with Gasteiger partial charge in [-0.3, -0.25) is 4.79 Å². The van der Waals surface area contributed by atoms with E-state index in [2.05, 4.69) is 55.6 Å². The summed E-state index contributed by atoms with van der Waals surface area (Å²) >= 11 is 0.